The quantitative estimate of drug-likeness (QED) is 0.688. The van der Waals surface area contributed by atoms with E-state index in [1.165, 1.54) is 0 Å². The summed E-state index contributed by atoms with van der Waals surface area (Å²) in [5.74, 6) is 1.66. The molecule has 3 nitrogen and oxygen atoms in total. The van der Waals surface area contributed by atoms with Gasteiger partial charge < -0.3 is 9.72 Å². The number of H-pyrrole nitrogens is 1. The van der Waals surface area contributed by atoms with E-state index in [1.807, 2.05) is 42.5 Å². The molecule has 0 saturated heterocycles. The monoisotopic (exact) mass is 256 g/mol. The molecule has 0 spiro atoms. The van der Waals surface area contributed by atoms with Crippen molar-refractivity contribution in [3.63, 3.8) is 0 Å². The molecule has 0 amide bonds. The van der Waals surface area contributed by atoms with Gasteiger partial charge >= 0.3 is 0 Å². The molecular formula is C14H12N2OS. The summed E-state index contributed by atoms with van der Waals surface area (Å²) >= 11 is 4.32. The predicted molar refractivity (Wildman–Crippen MR) is 75.3 cm³/mol. The predicted octanol–water partition coefficient (Wildman–Crippen LogP) is 3.53. The zero-order valence-electron chi connectivity index (χ0n) is 9.84. The van der Waals surface area contributed by atoms with Crippen LogP contribution in [0, 0.1) is 0 Å². The van der Waals surface area contributed by atoms with Gasteiger partial charge in [-0.1, -0.05) is 12.1 Å². The average molecular weight is 256 g/mol. The Morgan fingerprint density at radius 1 is 1.17 bits per heavy atom. The molecule has 0 aliphatic rings. The minimum absolute atomic E-state index is 0.822. The summed E-state index contributed by atoms with van der Waals surface area (Å²) in [6.07, 6.45) is 0. The normalized spacial score (nSPS) is 10.8. The van der Waals surface area contributed by atoms with Gasteiger partial charge in [0.1, 0.15) is 11.6 Å². The maximum atomic E-state index is 5.22. The molecule has 0 atom stereocenters. The van der Waals surface area contributed by atoms with Gasteiger partial charge in [0.15, 0.2) is 0 Å². The van der Waals surface area contributed by atoms with Crippen molar-refractivity contribution in [3.05, 3.63) is 42.5 Å². The van der Waals surface area contributed by atoms with Gasteiger partial charge in [-0.15, -0.1) is 12.6 Å². The lowest BCUT2D eigenvalue weighted by molar-refractivity contribution is 0.415. The number of imidazole rings is 1. The smallest absolute Gasteiger partial charge is 0.138 e. The standard InChI is InChI=1S/C14H12N2OS/c1-17-10-4-2-3-9(7-10)14-15-12-6-5-11(18)8-13(12)16-14/h2-8,18H,1H3,(H,15,16). The van der Waals surface area contributed by atoms with Crippen molar-refractivity contribution in [2.45, 2.75) is 4.90 Å². The molecule has 0 unspecified atom stereocenters. The van der Waals surface area contributed by atoms with Gasteiger partial charge in [-0.2, -0.15) is 0 Å². The fourth-order valence-electron chi connectivity index (χ4n) is 1.90. The lowest BCUT2D eigenvalue weighted by atomic mass is 10.2. The van der Waals surface area contributed by atoms with E-state index in [9.17, 15) is 0 Å². The van der Waals surface area contributed by atoms with Gasteiger partial charge in [0.2, 0.25) is 0 Å². The van der Waals surface area contributed by atoms with Crippen molar-refractivity contribution in [2.24, 2.45) is 0 Å². The van der Waals surface area contributed by atoms with E-state index in [0.29, 0.717) is 0 Å². The zero-order chi connectivity index (χ0) is 12.5. The maximum Gasteiger partial charge on any atom is 0.138 e. The summed E-state index contributed by atoms with van der Waals surface area (Å²) in [6.45, 7) is 0. The van der Waals surface area contributed by atoms with Crippen molar-refractivity contribution in [1.29, 1.82) is 0 Å². The van der Waals surface area contributed by atoms with Crippen LogP contribution in [-0.2, 0) is 0 Å². The number of aromatic nitrogens is 2. The Balaban J connectivity index is 2.13. The first-order chi connectivity index (χ1) is 8.76. The van der Waals surface area contributed by atoms with E-state index in [2.05, 4.69) is 22.6 Å². The summed E-state index contributed by atoms with van der Waals surface area (Å²) in [5.41, 5.74) is 2.93. The van der Waals surface area contributed by atoms with Crippen LogP contribution in [-0.4, -0.2) is 17.1 Å². The first kappa shape index (κ1) is 11.2. The summed E-state index contributed by atoms with van der Waals surface area (Å²) < 4.78 is 5.22. The molecule has 0 saturated carbocycles. The molecule has 1 N–H and O–H groups in total. The Bertz CT molecular complexity index is 706. The molecular weight excluding hydrogens is 244 g/mol. The molecule has 3 rings (SSSR count). The highest BCUT2D eigenvalue weighted by atomic mass is 32.1. The van der Waals surface area contributed by atoms with Crippen molar-refractivity contribution in [2.75, 3.05) is 7.11 Å². The number of methoxy groups -OCH3 is 1. The van der Waals surface area contributed by atoms with Gasteiger partial charge in [0.25, 0.3) is 0 Å². The van der Waals surface area contributed by atoms with Gasteiger partial charge in [0, 0.05) is 10.5 Å². The molecule has 1 aromatic heterocycles. The second-order valence-electron chi connectivity index (χ2n) is 4.02. The Hall–Kier alpha value is -1.94. The molecule has 0 fully saturated rings. The first-order valence-electron chi connectivity index (χ1n) is 5.59. The van der Waals surface area contributed by atoms with Gasteiger partial charge in [-0.05, 0) is 30.3 Å². The number of nitrogens with zero attached hydrogens (tertiary/aromatic N) is 1. The van der Waals surface area contributed by atoms with Crippen LogP contribution in [0.15, 0.2) is 47.4 Å². The number of hydrogen-bond donors (Lipinski definition) is 2. The first-order valence-corrected chi connectivity index (χ1v) is 6.04. The second kappa shape index (κ2) is 4.38. The fourth-order valence-corrected chi connectivity index (χ4v) is 2.11. The van der Waals surface area contributed by atoms with Crippen LogP contribution in [0.4, 0.5) is 0 Å². The molecule has 2 aromatic carbocycles. The lowest BCUT2D eigenvalue weighted by Crippen LogP contribution is -1.84. The molecule has 0 bridgehead atoms. The van der Waals surface area contributed by atoms with Crippen LogP contribution in [0.2, 0.25) is 0 Å². The molecule has 3 aromatic rings. The number of aromatic amines is 1. The number of hydrogen-bond acceptors (Lipinski definition) is 3. The Kier molecular flexibility index (Phi) is 2.72. The Labute approximate surface area is 110 Å². The van der Waals surface area contributed by atoms with E-state index >= 15 is 0 Å². The molecule has 4 heteroatoms. The van der Waals surface area contributed by atoms with E-state index in [-0.39, 0.29) is 0 Å². The highest BCUT2D eigenvalue weighted by Gasteiger charge is 2.06. The molecule has 18 heavy (non-hydrogen) atoms. The second-order valence-corrected chi connectivity index (χ2v) is 4.54. The molecule has 0 aliphatic heterocycles. The summed E-state index contributed by atoms with van der Waals surface area (Å²) in [7, 11) is 1.66. The van der Waals surface area contributed by atoms with Gasteiger partial charge in [-0.3, -0.25) is 0 Å². The third-order valence-corrected chi connectivity index (χ3v) is 3.09. The van der Waals surface area contributed by atoms with Crippen molar-refractivity contribution >= 4 is 23.7 Å². The number of benzene rings is 2. The molecule has 90 valence electrons. The summed E-state index contributed by atoms with van der Waals surface area (Å²) in [6, 6.07) is 13.7. The van der Waals surface area contributed by atoms with Crippen LogP contribution in [0.25, 0.3) is 22.4 Å². The van der Waals surface area contributed by atoms with Crippen LogP contribution >= 0.6 is 12.6 Å². The van der Waals surface area contributed by atoms with Crippen molar-refractivity contribution in [1.82, 2.24) is 9.97 Å². The minimum atomic E-state index is 0.822. The topological polar surface area (TPSA) is 37.9 Å². The largest absolute Gasteiger partial charge is 0.497 e. The maximum absolute atomic E-state index is 5.22. The van der Waals surface area contributed by atoms with Crippen molar-refractivity contribution in [3.8, 4) is 17.1 Å². The third kappa shape index (κ3) is 1.95. The average Bonchev–Trinajstić information content (AvgIpc) is 2.81. The summed E-state index contributed by atoms with van der Waals surface area (Å²) in [4.78, 5) is 8.76. The van der Waals surface area contributed by atoms with Gasteiger partial charge in [0.05, 0.1) is 18.1 Å². The van der Waals surface area contributed by atoms with E-state index in [0.717, 1.165) is 33.1 Å². The number of thiol groups is 1. The Morgan fingerprint density at radius 3 is 2.89 bits per heavy atom. The molecule has 0 aliphatic carbocycles. The van der Waals surface area contributed by atoms with Crippen molar-refractivity contribution < 1.29 is 4.74 Å². The number of ether oxygens (including phenoxy) is 1. The SMILES string of the molecule is COc1cccc(-c2nc3ccc(S)cc3[nH]2)c1. The zero-order valence-corrected chi connectivity index (χ0v) is 10.7. The van der Waals surface area contributed by atoms with Gasteiger partial charge in [-0.25, -0.2) is 4.98 Å². The minimum Gasteiger partial charge on any atom is -0.497 e. The number of rotatable bonds is 2. The number of nitrogens with one attached hydrogen (secondary N) is 1. The molecule has 0 radical (unpaired) electrons. The third-order valence-electron chi connectivity index (χ3n) is 2.81. The van der Waals surface area contributed by atoms with Crippen LogP contribution in [0.5, 0.6) is 5.75 Å². The van der Waals surface area contributed by atoms with E-state index in [1.54, 1.807) is 7.11 Å². The lowest BCUT2D eigenvalue weighted by Gasteiger charge is -2.01. The number of fused-ring (bicyclic) bond motifs is 1. The highest BCUT2D eigenvalue weighted by molar-refractivity contribution is 7.80. The van der Waals surface area contributed by atoms with Crippen LogP contribution in [0.1, 0.15) is 0 Å². The van der Waals surface area contributed by atoms with E-state index in [4.69, 9.17) is 4.74 Å². The fraction of sp³-hybridized carbons (Fsp3) is 0.0714. The summed E-state index contributed by atoms with van der Waals surface area (Å²) in [5, 5.41) is 0. The highest BCUT2D eigenvalue weighted by Crippen LogP contribution is 2.24. The van der Waals surface area contributed by atoms with E-state index < -0.39 is 0 Å². The molecule has 1 heterocycles. The van der Waals surface area contributed by atoms with Crippen LogP contribution < -0.4 is 4.74 Å². The van der Waals surface area contributed by atoms with Crippen LogP contribution in [0.3, 0.4) is 0 Å². The Morgan fingerprint density at radius 2 is 2.06 bits per heavy atom.